The Morgan fingerprint density at radius 1 is 1.44 bits per heavy atom. The maximum absolute atomic E-state index is 5.82. The number of aromatic nitrogens is 1. The second kappa shape index (κ2) is 6.71. The summed E-state index contributed by atoms with van der Waals surface area (Å²) in [6, 6.07) is 3.81. The van der Waals surface area contributed by atoms with Crippen LogP contribution in [0.3, 0.4) is 0 Å². The fourth-order valence-electron chi connectivity index (χ4n) is 1.50. The molecule has 0 radical (unpaired) electrons. The summed E-state index contributed by atoms with van der Waals surface area (Å²) in [5, 5.41) is 0.667. The molecule has 16 heavy (non-hydrogen) atoms. The monoisotopic (exact) mass is 242 g/mol. The van der Waals surface area contributed by atoms with Crippen molar-refractivity contribution < 1.29 is 4.74 Å². The molecule has 0 saturated heterocycles. The van der Waals surface area contributed by atoms with E-state index in [4.69, 9.17) is 16.3 Å². The summed E-state index contributed by atoms with van der Waals surface area (Å²) in [5.41, 5.74) is 0. The van der Waals surface area contributed by atoms with Gasteiger partial charge in [-0.05, 0) is 18.1 Å². The molecule has 0 spiro atoms. The van der Waals surface area contributed by atoms with Gasteiger partial charge in [-0.25, -0.2) is 4.98 Å². The van der Waals surface area contributed by atoms with Gasteiger partial charge in [0.2, 0.25) is 0 Å². The predicted molar refractivity (Wildman–Crippen MR) is 68.2 cm³/mol. The van der Waals surface area contributed by atoms with Gasteiger partial charge in [0, 0.05) is 26.4 Å². The molecule has 0 bridgehead atoms. The summed E-state index contributed by atoms with van der Waals surface area (Å²) < 4.78 is 5.10. The molecule has 0 saturated carbocycles. The zero-order valence-electron chi connectivity index (χ0n) is 10.1. The van der Waals surface area contributed by atoms with E-state index < -0.39 is 0 Å². The Balaban J connectivity index is 2.70. The van der Waals surface area contributed by atoms with Crippen LogP contribution in [0.4, 0.5) is 5.82 Å². The third-order valence-electron chi connectivity index (χ3n) is 2.19. The normalized spacial score (nSPS) is 10.8. The third-order valence-corrected chi connectivity index (χ3v) is 2.41. The van der Waals surface area contributed by atoms with Crippen molar-refractivity contribution in [3.63, 3.8) is 0 Å². The summed E-state index contributed by atoms with van der Waals surface area (Å²) in [5.74, 6) is 1.55. The minimum absolute atomic E-state index is 0.592. The van der Waals surface area contributed by atoms with Crippen molar-refractivity contribution in [3.8, 4) is 0 Å². The Hall–Kier alpha value is -0.800. The third kappa shape index (κ3) is 4.37. The van der Waals surface area contributed by atoms with Crippen molar-refractivity contribution in [2.75, 3.05) is 31.7 Å². The lowest BCUT2D eigenvalue weighted by Crippen LogP contribution is -2.31. The van der Waals surface area contributed by atoms with E-state index in [0.717, 1.165) is 18.9 Å². The lowest BCUT2D eigenvalue weighted by molar-refractivity contribution is 0.204. The first-order chi connectivity index (χ1) is 7.63. The van der Waals surface area contributed by atoms with Crippen molar-refractivity contribution >= 4 is 17.4 Å². The van der Waals surface area contributed by atoms with Crippen LogP contribution in [0.2, 0.25) is 5.02 Å². The Bertz CT molecular complexity index is 300. The van der Waals surface area contributed by atoms with Crippen molar-refractivity contribution in [2.45, 2.75) is 13.8 Å². The molecule has 1 heterocycles. The maximum Gasteiger partial charge on any atom is 0.128 e. The Morgan fingerprint density at radius 3 is 2.69 bits per heavy atom. The number of methoxy groups -OCH3 is 1. The highest BCUT2D eigenvalue weighted by molar-refractivity contribution is 6.30. The number of hydrogen-bond acceptors (Lipinski definition) is 3. The zero-order chi connectivity index (χ0) is 12.0. The second-order valence-corrected chi connectivity index (χ2v) is 4.60. The van der Waals surface area contributed by atoms with Crippen LogP contribution in [0.25, 0.3) is 0 Å². The molecular formula is C12H19ClN2O. The van der Waals surface area contributed by atoms with Crippen molar-refractivity contribution in [2.24, 2.45) is 5.92 Å². The predicted octanol–water partition coefficient (Wildman–Crippen LogP) is 2.84. The molecule has 0 aliphatic rings. The molecule has 4 heteroatoms. The smallest absolute Gasteiger partial charge is 0.128 e. The maximum atomic E-state index is 5.82. The highest BCUT2D eigenvalue weighted by Crippen LogP contribution is 2.15. The molecule has 0 N–H and O–H groups in total. The van der Waals surface area contributed by atoms with E-state index in [2.05, 4.69) is 23.7 Å². The molecule has 0 unspecified atom stereocenters. The van der Waals surface area contributed by atoms with E-state index >= 15 is 0 Å². The van der Waals surface area contributed by atoms with Crippen LogP contribution in [-0.2, 0) is 4.74 Å². The van der Waals surface area contributed by atoms with E-state index in [0.29, 0.717) is 17.5 Å². The highest BCUT2D eigenvalue weighted by atomic mass is 35.5. The summed E-state index contributed by atoms with van der Waals surface area (Å²) in [7, 11) is 1.71. The van der Waals surface area contributed by atoms with Crippen molar-refractivity contribution in [1.82, 2.24) is 4.98 Å². The molecule has 90 valence electrons. The van der Waals surface area contributed by atoms with Gasteiger partial charge in [-0.3, -0.25) is 0 Å². The first-order valence-electron chi connectivity index (χ1n) is 5.49. The average molecular weight is 243 g/mol. The first-order valence-corrected chi connectivity index (χ1v) is 5.86. The highest BCUT2D eigenvalue weighted by Gasteiger charge is 2.09. The number of nitrogens with zero attached hydrogens (tertiary/aromatic N) is 2. The molecule has 1 rings (SSSR count). The largest absolute Gasteiger partial charge is 0.383 e. The molecule has 0 aliphatic carbocycles. The van der Waals surface area contributed by atoms with Crippen LogP contribution in [-0.4, -0.2) is 31.8 Å². The standard InChI is InChI=1S/C12H19ClN2O/c1-10(2)9-15(6-7-16-3)12-5-4-11(13)8-14-12/h4-5,8,10H,6-7,9H2,1-3H3. The van der Waals surface area contributed by atoms with Crippen LogP contribution >= 0.6 is 11.6 Å². The molecule has 0 amide bonds. The van der Waals surface area contributed by atoms with Gasteiger partial charge < -0.3 is 9.64 Å². The van der Waals surface area contributed by atoms with E-state index in [1.165, 1.54) is 0 Å². The lowest BCUT2D eigenvalue weighted by Gasteiger charge is -2.25. The van der Waals surface area contributed by atoms with Crippen LogP contribution in [0, 0.1) is 5.92 Å². The molecule has 0 aromatic carbocycles. The number of rotatable bonds is 6. The number of pyridine rings is 1. The Kier molecular flexibility index (Phi) is 5.56. The second-order valence-electron chi connectivity index (χ2n) is 4.17. The number of hydrogen-bond donors (Lipinski definition) is 0. The van der Waals surface area contributed by atoms with Gasteiger partial charge in [0.05, 0.1) is 11.6 Å². The van der Waals surface area contributed by atoms with Gasteiger partial charge in [0.15, 0.2) is 0 Å². The summed E-state index contributed by atoms with van der Waals surface area (Å²) >= 11 is 5.82. The molecule has 0 aliphatic heterocycles. The molecule has 3 nitrogen and oxygen atoms in total. The quantitative estimate of drug-likeness (QED) is 0.767. The van der Waals surface area contributed by atoms with Crippen LogP contribution < -0.4 is 4.90 Å². The van der Waals surface area contributed by atoms with Gasteiger partial charge in [-0.15, -0.1) is 0 Å². The van der Waals surface area contributed by atoms with E-state index in [-0.39, 0.29) is 0 Å². The minimum atomic E-state index is 0.592. The lowest BCUT2D eigenvalue weighted by atomic mass is 10.2. The molecular weight excluding hydrogens is 224 g/mol. The minimum Gasteiger partial charge on any atom is -0.383 e. The average Bonchev–Trinajstić information content (AvgIpc) is 2.25. The molecule has 1 aromatic heterocycles. The number of anilines is 1. The van der Waals surface area contributed by atoms with Crippen molar-refractivity contribution in [3.05, 3.63) is 23.4 Å². The Morgan fingerprint density at radius 2 is 2.19 bits per heavy atom. The van der Waals surface area contributed by atoms with Crippen molar-refractivity contribution in [1.29, 1.82) is 0 Å². The van der Waals surface area contributed by atoms with Crippen LogP contribution in [0.1, 0.15) is 13.8 Å². The summed E-state index contributed by atoms with van der Waals surface area (Å²) in [6.07, 6.45) is 1.68. The van der Waals surface area contributed by atoms with Gasteiger partial charge in [-0.2, -0.15) is 0 Å². The summed E-state index contributed by atoms with van der Waals surface area (Å²) in [4.78, 5) is 6.54. The first kappa shape index (κ1) is 13.3. The van der Waals surface area contributed by atoms with Gasteiger partial charge in [-0.1, -0.05) is 25.4 Å². The molecule has 0 atom stereocenters. The fourth-order valence-corrected chi connectivity index (χ4v) is 1.61. The van der Waals surface area contributed by atoms with Gasteiger partial charge in [0.25, 0.3) is 0 Å². The van der Waals surface area contributed by atoms with Gasteiger partial charge >= 0.3 is 0 Å². The molecule has 1 aromatic rings. The van der Waals surface area contributed by atoms with E-state index in [1.807, 2.05) is 12.1 Å². The number of halogens is 1. The van der Waals surface area contributed by atoms with E-state index in [1.54, 1.807) is 13.3 Å². The Labute approximate surface area is 102 Å². The van der Waals surface area contributed by atoms with Crippen LogP contribution in [0.5, 0.6) is 0 Å². The SMILES string of the molecule is COCCN(CC(C)C)c1ccc(Cl)cn1. The van der Waals surface area contributed by atoms with Crippen LogP contribution in [0.15, 0.2) is 18.3 Å². The van der Waals surface area contributed by atoms with Gasteiger partial charge in [0.1, 0.15) is 5.82 Å². The number of ether oxygens (including phenoxy) is 1. The zero-order valence-corrected chi connectivity index (χ0v) is 10.9. The van der Waals surface area contributed by atoms with E-state index in [9.17, 15) is 0 Å². The summed E-state index contributed by atoms with van der Waals surface area (Å²) in [6.45, 7) is 6.91. The fraction of sp³-hybridized carbons (Fsp3) is 0.583. The molecule has 0 fully saturated rings. The topological polar surface area (TPSA) is 25.4 Å².